The molecule has 2 rings (SSSR count). The van der Waals surface area contributed by atoms with Crippen molar-refractivity contribution in [3.05, 3.63) is 24.3 Å². The van der Waals surface area contributed by atoms with Crippen LogP contribution in [-0.2, 0) is 11.3 Å². The molecule has 0 aliphatic carbocycles. The first-order chi connectivity index (χ1) is 9.47. The monoisotopic (exact) mass is 299 g/mol. The number of aromatic nitrogens is 2. The van der Waals surface area contributed by atoms with Crippen LogP contribution in [0.25, 0.3) is 11.0 Å². The maximum absolute atomic E-state index is 12.6. The van der Waals surface area contributed by atoms with Crippen LogP contribution in [0.3, 0.4) is 0 Å². The topological polar surface area (TPSA) is 46.9 Å². The summed E-state index contributed by atoms with van der Waals surface area (Å²) in [6, 6.07) is 7.08. The van der Waals surface area contributed by atoms with Gasteiger partial charge in [0.25, 0.3) is 5.76 Å². The molecule has 4 nitrogen and oxygen atoms in total. The fourth-order valence-corrected chi connectivity index (χ4v) is 2.49. The maximum Gasteiger partial charge on any atom is 0.291 e. The van der Waals surface area contributed by atoms with Crippen LogP contribution in [-0.4, -0.2) is 27.3 Å². The fraction of sp³-hybridized carbons (Fsp3) is 0.385. The van der Waals surface area contributed by atoms with Crippen molar-refractivity contribution in [2.45, 2.75) is 37.3 Å². The number of carbonyl (C=O) groups is 1. The third-order valence-corrected chi connectivity index (χ3v) is 3.27. The van der Waals surface area contributed by atoms with E-state index in [-0.39, 0.29) is 23.7 Å². The van der Waals surface area contributed by atoms with E-state index in [0.717, 1.165) is 0 Å². The largest absolute Gasteiger partial charge is 0.352 e. The van der Waals surface area contributed by atoms with Gasteiger partial charge < -0.3 is 9.88 Å². The van der Waals surface area contributed by atoms with Gasteiger partial charge in [0.1, 0.15) is 6.54 Å². The Bertz CT molecular complexity index is 613. The lowest BCUT2D eigenvalue weighted by Gasteiger charge is -2.11. The van der Waals surface area contributed by atoms with E-state index in [0.29, 0.717) is 22.8 Å². The summed E-state index contributed by atoms with van der Waals surface area (Å²) < 4.78 is 26.7. The summed E-state index contributed by atoms with van der Waals surface area (Å²) in [7, 11) is 0. The van der Waals surface area contributed by atoms with Gasteiger partial charge in [0, 0.05) is 6.04 Å². The molecule has 0 radical (unpaired) electrons. The van der Waals surface area contributed by atoms with Gasteiger partial charge in [-0.15, -0.1) is 0 Å². The van der Waals surface area contributed by atoms with Crippen molar-refractivity contribution in [3.63, 3.8) is 0 Å². The minimum atomic E-state index is -2.57. The van der Waals surface area contributed by atoms with Crippen molar-refractivity contribution in [2.75, 3.05) is 0 Å². The summed E-state index contributed by atoms with van der Waals surface area (Å²) in [5.74, 6) is -2.79. The van der Waals surface area contributed by atoms with Gasteiger partial charge in [-0.2, -0.15) is 8.78 Å². The number of thioether (sulfide) groups is 1. The average Bonchev–Trinajstić information content (AvgIpc) is 2.66. The Labute approximate surface area is 119 Å². The first-order valence-corrected chi connectivity index (χ1v) is 7.04. The lowest BCUT2D eigenvalue weighted by molar-refractivity contribution is -0.122. The molecule has 0 bridgehead atoms. The predicted molar refractivity (Wildman–Crippen MR) is 74.9 cm³/mol. The molecule has 7 heteroatoms. The number of nitrogens with one attached hydrogen (secondary N) is 1. The predicted octanol–water partition coefficient (Wildman–Crippen LogP) is 2.88. The smallest absolute Gasteiger partial charge is 0.291 e. The lowest BCUT2D eigenvalue weighted by Crippen LogP contribution is -2.33. The fourth-order valence-electron chi connectivity index (χ4n) is 1.89. The number of alkyl halides is 2. The Hall–Kier alpha value is -1.63. The number of para-hydroxylation sites is 2. The molecule has 0 fully saturated rings. The van der Waals surface area contributed by atoms with Gasteiger partial charge in [-0.3, -0.25) is 4.79 Å². The Morgan fingerprint density at radius 1 is 1.40 bits per heavy atom. The Morgan fingerprint density at radius 2 is 2.10 bits per heavy atom. The van der Waals surface area contributed by atoms with Crippen molar-refractivity contribution >= 4 is 28.7 Å². The summed E-state index contributed by atoms with van der Waals surface area (Å²) in [6.45, 7) is 3.67. The summed E-state index contributed by atoms with van der Waals surface area (Å²) in [5.41, 5.74) is 1.28. The van der Waals surface area contributed by atoms with Crippen molar-refractivity contribution in [1.29, 1.82) is 0 Å². The van der Waals surface area contributed by atoms with Crippen molar-refractivity contribution in [3.8, 4) is 0 Å². The molecule has 0 unspecified atom stereocenters. The van der Waals surface area contributed by atoms with E-state index in [1.54, 1.807) is 24.3 Å². The van der Waals surface area contributed by atoms with Crippen LogP contribution in [0, 0.1) is 0 Å². The summed E-state index contributed by atoms with van der Waals surface area (Å²) in [4.78, 5) is 16.0. The standard InChI is InChI=1S/C13H15F2N3OS/c1-8(2)16-11(19)7-18-10-6-4-3-5-9(10)17-13(18)20-12(14)15/h3-6,8,12H,7H2,1-2H3,(H,16,19). The zero-order valence-electron chi connectivity index (χ0n) is 11.1. The second-order valence-corrected chi connectivity index (χ2v) is 5.53. The van der Waals surface area contributed by atoms with Crippen LogP contribution >= 0.6 is 11.8 Å². The number of carbonyl (C=O) groups excluding carboxylic acids is 1. The third kappa shape index (κ3) is 3.47. The zero-order chi connectivity index (χ0) is 14.7. The molecule has 2 aromatic rings. The molecule has 1 amide bonds. The number of fused-ring (bicyclic) bond motifs is 1. The highest BCUT2D eigenvalue weighted by atomic mass is 32.2. The van der Waals surface area contributed by atoms with E-state index in [4.69, 9.17) is 0 Å². The molecular weight excluding hydrogens is 284 g/mol. The van der Waals surface area contributed by atoms with Crippen molar-refractivity contribution in [2.24, 2.45) is 0 Å². The zero-order valence-corrected chi connectivity index (χ0v) is 12.0. The SMILES string of the molecule is CC(C)NC(=O)Cn1c(SC(F)F)nc2ccccc21. The second kappa shape index (κ2) is 6.21. The molecular formula is C13H15F2N3OS. The quantitative estimate of drug-likeness (QED) is 0.864. The number of imidazole rings is 1. The van der Waals surface area contributed by atoms with E-state index in [1.807, 2.05) is 13.8 Å². The Balaban J connectivity index is 2.35. The number of amides is 1. The van der Waals surface area contributed by atoms with Crippen molar-refractivity contribution < 1.29 is 13.6 Å². The van der Waals surface area contributed by atoms with Gasteiger partial charge in [0.05, 0.1) is 11.0 Å². The van der Waals surface area contributed by atoms with E-state index >= 15 is 0 Å². The Kier molecular flexibility index (Phi) is 4.59. The highest BCUT2D eigenvalue weighted by molar-refractivity contribution is 7.99. The number of hydrogen-bond acceptors (Lipinski definition) is 3. The number of hydrogen-bond donors (Lipinski definition) is 1. The maximum atomic E-state index is 12.6. The number of halogens is 2. The van der Waals surface area contributed by atoms with Gasteiger partial charge in [-0.1, -0.05) is 12.1 Å². The number of rotatable bonds is 5. The van der Waals surface area contributed by atoms with Gasteiger partial charge in [0.15, 0.2) is 5.16 Å². The summed E-state index contributed by atoms with van der Waals surface area (Å²) >= 11 is 0.350. The van der Waals surface area contributed by atoms with Crippen LogP contribution in [0.2, 0.25) is 0 Å². The molecule has 108 valence electrons. The van der Waals surface area contributed by atoms with Crippen LogP contribution < -0.4 is 5.32 Å². The van der Waals surface area contributed by atoms with Crippen LogP contribution in [0.1, 0.15) is 13.8 Å². The minimum Gasteiger partial charge on any atom is -0.352 e. The van der Waals surface area contributed by atoms with Gasteiger partial charge in [-0.05, 0) is 37.7 Å². The van der Waals surface area contributed by atoms with E-state index < -0.39 is 5.76 Å². The second-order valence-electron chi connectivity index (χ2n) is 4.57. The van der Waals surface area contributed by atoms with Gasteiger partial charge >= 0.3 is 0 Å². The first-order valence-electron chi connectivity index (χ1n) is 6.17. The molecule has 0 aliphatic heterocycles. The molecule has 0 aliphatic rings. The van der Waals surface area contributed by atoms with Crippen LogP contribution in [0.5, 0.6) is 0 Å². The van der Waals surface area contributed by atoms with Gasteiger partial charge in [-0.25, -0.2) is 4.98 Å². The molecule has 1 heterocycles. The normalized spacial score (nSPS) is 11.5. The van der Waals surface area contributed by atoms with E-state index in [2.05, 4.69) is 10.3 Å². The molecule has 1 aromatic heterocycles. The average molecular weight is 299 g/mol. The molecule has 20 heavy (non-hydrogen) atoms. The third-order valence-electron chi connectivity index (χ3n) is 2.57. The minimum absolute atomic E-state index is 0.00323. The molecule has 1 aromatic carbocycles. The van der Waals surface area contributed by atoms with Crippen LogP contribution in [0.4, 0.5) is 8.78 Å². The summed E-state index contributed by atoms with van der Waals surface area (Å²) in [5, 5.41) is 2.89. The number of benzene rings is 1. The molecule has 1 N–H and O–H groups in total. The van der Waals surface area contributed by atoms with Gasteiger partial charge in [0.2, 0.25) is 5.91 Å². The van der Waals surface area contributed by atoms with E-state index in [9.17, 15) is 13.6 Å². The van der Waals surface area contributed by atoms with E-state index in [1.165, 1.54) is 4.57 Å². The molecule has 0 saturated heterocycles. The molecule has 0 atom stereocenters. The number of nitrogens with zero attached hydrogens (tertiary/aromatic N) is 2. The Morgan fingerprint density at radius 3 is 2.75 bits per heavy atom. The molecule has 0 spiro atoms. The highest BCUT2D eigenvalue weighted by Gasteiger charge is 2.17. The lowest BCUT2D eigenvalue weighted by atomic mass is 10.3. The first kappa shape index (κ1) is 14.8. The highest BCUT2D eigenvalue weighted by Crippen LogP contribution is 2.28. The van der Waals surface area contributed by atoms with Crippen molar-refractivity contribution in [1.82, 2.24) is 14.9 Å². The molecule has 0 saturated carbocycles. The van der Waals surface area contributed by atoms with Crippen LogP contribution in [0.15, 0.2) is 29.4 Å². The summed E-state index contributed by atoms with van der Waals surface area (Å²) in [6.07, 6.45) is 0.